The lowest BCUT2D eigenvalue weighted by Gasteiger charge is -2.40. The van der Waals surface area contributed by atoms with Crippen LogP contribution in [0.5, 0.6) is 0 Å². The van der Waals surface area contributed by atoms with Gasteiger partial charge in [-0.25, -0.2) is 9.49 Å². The van der Waals surface area contributed by atoms with Gasteiger partial charge in [-0.2, -0.15) is 5.10 Å². The van der Waals surface area contributed by atoms with Crippen molar-refractivity contribution in [2.24, 2.45) is 5.92 Å². The van der Waals surface area contributed by atoms with Crippen molar-refractivity contribution < 1.29 is 9.18 Å². The highest BCUT2D eigenvalue weighted by atomic mass is 19.1. The van der Waals surface area contributed by atoms with E-state index in [9.17, 15) is 14.0 Å². The van der Waals surface area contributed by atoms with Crippen LogP contribution in [0, 0.1) is 11.7 Å². The normalized spacial score (nSPS) is 17.3. The molecule has 0 unspecified atom stereocenters. The van der Waals surface area contributed by atoms with Gasteiger partial charge in [-0.1, -0.05) is 30.7 Å². The Morgan fingerprint density at radius 3 is 2.61 bits per heavy atom. The zero-order chi connectivity index (χ0) is 22.8. The van der Waals surface area contributed by atoms with E-state index in [1.807, 2.05) is 18.2 Å². The van der Waals surface area contributed by atoms with Crippen LogP contribution in [0.15, 0.2) is 47.3 Å². The SMILES string of the molecule is O=C(c1cc(Cc2n[nH]c(=O)c3ccccc23)ccc1F)N1CC(CCN2CCCCC2)C1. The van der Waals surface area contributed by atoms with Gasteiger partial charge in [0.2, 0.25) is 0 Å². The predicted octanol–water partition coefficient (Wildman–Crippen LogP) is 3.60. The van der Waals surface area contributed by atoms with Crippen LogP contribution < -0.4 is 5.56 Å². The lowest BCUT2D eigenvalue weighted by atomic mass is 9.94. The maximum Gasteiger partial charge on any atom is 0.272 e. The second-order valence-electron chi connectivity index (χ2n) is 9.30. The van der Waals surface area contributed by atoms with Crippen LogP contribution in [-0.2, 0) is 6.42 Å². The average molecular weight is 449 g/mol. The topological polar surface area (TPSA) is 69.3 Å². The number of hydrogen-bond donors (Lipinski definition) is 1. The molecular weight excluding hydrogens is 419 g/mol. The Labute approximate surface area is 192 Å². The number of piperidine rings is 1. The zero-order valence-electron chi connectivity index (χ0n) is 18.7. The molecule has 5 rings (SSSR count). The van der Waals surface area contributed by atoms with Gasteiger partial charge in [0, 0.05) is 24.9 Å². The fourth-order valence-electron chi connectivity index (χ4n) is 4.98. The molecular formula is C26H29FN4O2. The van der Waals surface area contributed by atoms with E-state index in [0.717, 1.165) is 23.9 Å². The molecule has 0 bridgehead atoms. The van der Waals surface area contributed by atoms with E-state index in [4.69, 9.17) is 0 Å². The number of aromatic amines is 1. The Bertz CT molecular complexity index is 1210. The van der Waals surface area contributed by atoms with Crippen LogP contribution >= 0.6 is 0 Å². The van der Waals surface area contributed by atoms with Crippen molar-refractivity contribution in [1.82, 2.24) is 20.0 Å². The Morgan fingerprint density at radius 1 is 1.06 bits per heavy atom. The maximum absolute atomic E-state index is 14.6. The maximum atomic E-state index is 14.6. The first kappa shape index (κ1) is 21.8. The van der Waals surface area contributed by atoms with Crippen LogP contribution in [0.25, 0.3) is 10.8 Å². The van der Waals surface area contributed by atoms with Crippen LogP contribution in [0.1, 0.15) is 47.3 Å². The van der Waals surface area contributed by atoms with Gasteiger partial charge < -0.3 is 9.80 Å². The molecule has 0 spiro atoms. The van der Waals surface area contributed by atoms with Crippen LogP contribution in [0.4, 0.5) is 4.39 Å². The van der Waals surface area contributed by atoms with Crippen molar-refractivity contribution in [3.05, 3.63) is 75.5 Å². The summed E-state index contributed by atoms with van der Waals surface area (Å²) in [6, 6.07) is 11.9. The third-order valence-electron chi connectivity index (χ3n) is 6.95. The smallest absolute Gasteiger partial charge is 0.272 e. The Morgan fingerprint density at radius 2 is 1.82 bits per heavy atom. The first-order chi connectivity index (χ1) is 16.1. The number of nitrogens with zero attached hydrogens (tertiary/aromatic N) is 3. The monoisotopic (exact) mass is 448 g/mol. The number of hydrogen-bond acceptors (Lipinski definition) is 4. The molecule has 3 aromatic rings. The summed E-state index contributed by atoms with van der Waals surface area (Å²) in [4.78, 5) is 29.3. The molecule has 7 heteroatoms. The fraction of sp³-hybridized carbons (Fsp3) is 0.423. The minimum absolute atomic E-state index is 0.107. The van der Waals surface area contributed by atoms with E-state index in [0.29, 0.717) is 36.5 Å². The number of carbonyl (C=O) groups is 1. The molecule has 0 aliphatic carbocycles. The van der Waals surface area contributed by atoms with E-state index in [1.165, 1.54) is 38.4 Å². The lowest BCUT2D eigenvalue weighted by Crippen LogP contribution is -2.51. The third-order valence-corrected chi connectivity index (χ3v) is 6.95. The Kier molecular flexibility index (Phi) is 6.22. The average Bonchev–Trinajstić information content (AvgIpc) is 2.82. The van der Waals surface area contributed by atoms with Crippen molar-refractivity contribution in [3.63, 3.8) is 0 Å². The summed E-state index contributed by atoms with van der Waals surface area (Å²) >= 11 is 0. The van der Waals surface area contributed by atoms with Crippen molar-refractivity contribution in [1.29, 1.82) is 0 Å². The van der Waals surface area contributed by atoms with Gasteiger partial charge in [-0.05, 0) is 68.6 Å². The molecule has 1 amide bonds. The van der Waals surface area contributed by atoms with Gasteiger partial charge in [0.1, 0.15) is 5.82 Å². The highest BCUT2D eigenvalue weighted by Crippen LogP contribution is 2.25. The molecule has 2 fully saturated rings. The highest BCUT2D eigenvalue weighted by molar-refractivity contribution is 5.95. The molecule has 2 aliphatic heterocycles. The van der Waals surface area contributed by atoms with Crippen molar-refractivity contribution in [2.45, 2.75) is 32.1 Å². The second-order valence-corrected chi connectivity index (χ2v) is 9.30. The summed E-state index contributed by atoms with van der Waals surface area (Å²) in [5.41, 5.74) is 1.34. The minimum Gasteiger partial charge on any atom is -0.338 e. The van der Waals surface area contributed by atoms with Gasteiger partial charge in [0.05, 0.1) is 16.6 Å². The molecule has 0 atom stereocenters. The largest absolute Gasteiger partial charge is 0.338 e. The van der Waals surface area contributed by atoms with Crippen molar-refractivity contribution >= 4 is 16.7 Å². The highest BCUT2D eigenvalue weighted by Gasteiger charge is 2.32. The number of H-pyrrole nitrogens is 1. The van der Waals surface area contributed by atoms with Gasteiger partial charge in [0.15, 0.2) is 0 Å². The van der Waals surface area contributed by atoms with Crippen LogP contribution in [0.2, 0.25) is 0 Å². The summed E-state index contributed by atoms with van der Waals surface area (Å²) in [6.45, 7) is 4.86. The number of rotatable bonds is 6. The number of carbonyl (C=O) groups excluding carboxylic acids is 1. The third kappa shape index (κ3) is 4.69. The van der Waals surface area contributed by atoms with Crippen LogP contribution in [0.3, 0.4) is 0 Å². The number of aromatic nitrogens is 2. The molecule has 6 nitrogen and oxygen atoms in total. The lowest BCUT2D eigenvalue weighted by molar-refractivity contribution is 0.0453. The standard InChI is InChI=1S/C26H29FN4O2/c27-23-9-8-18(15-24-20-6-2-3-7-21(20)25(32)29-28-24)14-22(23)26(33)31-16-19(17-31)10-13-30-11-4-1-5-12-30/h2-3,6-9,14,19H,1,4-5,10-13,15-17H2,(H,29,32). The van der Waals surface area contributed by atoms with Gasteiger partial charge in [-0.15, -0.1) is 0 Å². The first-order valence-corrected chi connectivity index (χ1v) is 11.8. The molecule has 2 saturated heterocycles. The summed E-state index contributed by atoms with van der Waals surface area (Å²) < 4.78 is 14.6. The summed E-state index contributed by atoms with van der Waals surface area (Å²) in [5, 5.41) is 8.06. The molecule has 2 aromatic carbocycles. The Balaban J connectivity index is 1.24. The van der Waals surface area contributed by atoms with Gasteiger partial charge in [0.25, 0.3) is 11.5 Å². The molecule has 1 aromatic heterocycles. The van der Waals surface area contributed by atoms with Gasteiger partial charge in [-0.3, -0.25) is 9.59 Å². The summed E-state index contributed by atoms with van der Waals surface area (Å²) in [6.07, 6.45) is 5.40. The number of nitrogens with one attached hydrogen (secondary N) is 1. The minimum atomic E-state index is -0.500. The first-order valence-electron chi connectivity index (χ1n) is 11.8. The zero-order valence-corrected chi connectivity index (χ0v) is 18.7. The molecule has 1 N–H and O–H groups in total. The summed E-state index contributed by atoms with van der Waals surface area (Å²) in [7, 11) is 0. The van der Waals surface area contributed by atoms with E-state index in [1.54, 1.807) is 23.1 Å². The van der Waals surface area contributed by atoms with E-state index in [2.05, 4.69) is 15.1 Å². The number of likely N-dealkylation sites (tertiary alicyclic amines) is 2. The quantitative estimate of drug-likeness (QED) is 0.626. The van der Waals surface area contributed by atoms with Gasteiger partial charge >= 0.3 is 0 Å². The van der Waals surface area contributed by atoms with Crippen molar-refractivity contribution in [2.75, 3.05) is 32.7 Å². The number of amides is 1. The summed E-state index contributed by atoms with van der Waals surface area (Å²) in [5.74, 6) is -0.249. The molecule has 0 saturated carbocycles. The number of fused-ring (bicyclic) bond motifs is 1. The van der Waals surface area contributed by atoms with E-state index < -0.39 is 5.82 Å². The number of benzene rings is 2. The molecule has 172 valence electrons. The van der Waals surface area contributed by atoms with Crippen molar-refractivity contribution in [3.8, 4) is 0 Å². The van der Waals surface area contributed by atoms with Crippen LogP contribution in [-0.4, -0.2) is 58.6 Å². The second kappa shape index (κ2) is 9.43. The fourth-order valence-corrected chi connectivity index (χ4v) is 4.98. The van der Waals surface area contributed by atoms with E-state index in [-0.39, 0.29) is 17.0 Å². The predicted molar refractivity (Wildman–Crippen MR) is 126 cm³/mol. The molecule has 2 aliphatic rings. The molecule has 33 heavy (non-hydrogen) atoms. The molecule has 0 radical (unpaired) electrons. The molecule has 3 heterocycles. The number of halogens is 1. The Hall–Kier alpha value is -3.06. The van der Waals surface area contributed by atoms with E-state index >= 15 is 0 Å².